The van der Waals surface area contributed by atoms with Crippen LogP contribution in [0.2, 0.25) is 0 Å². The number of hydrogen-bond acceptors (Lipinski definition) is 4. The molecule has 1 amide bonds. The van der Waals surface area contributed by atoms with E-state index in [9.17, 15) is 4.79 Å². The molecular weight excluding hydrogens is 242 g/mol. The van der Waals surface area contributed by atoms with Gasteiger partial charge in [-0.05, 0) is 32.7 Å². The van der Waals surface area contributed by atoms with Gasteiger partial charge >= 0.3 is 0 Å². The van der Waals surface area contributed by atoms with E-state index in [1.54, 1.807) is 0 Å². The van der Waals surface area contributed by atoms with E-state index in [-0.39, 0.29) is 11.8 Å². The Labute approximate surface area is 115 Å². The Morgan fingerprint density at radius 1 is 1.58 bits per heavy atom. The fourth-order valence-corrected chi connectivity index (χ4v) is 2.36. The largest absolute Gasteiger partial charge is 0.382 e. The molecule has 0 radical (unpaired) electrons. The Hall–Kier alpha value is -1.12. The van der Waals surface area contributed by atoms with Crippen LogP contribution in [0.3, 0.4) is 0 Å². The Morgan fingerprint density at radius 3 is 3.16 bits per heavy atom. The Kier molecular flexibility index (Phi) is 8.19. The highest BCUT2D eigenvalue weighted by atomic mass is 16.5. The van der Waals surface area contributed by atoms with Crippen LogP contribution in [0.4, 0.5) is 0 Å². The van der Waals surface area contributed by atoms with Gasteiger partial charge in [0.2, 0.25) is 5.91 Å². The van der Waals surface area contributed by atoms with E-state index >= 15 is 0 Å². The van der Waals surface area contributed by atoms with Crippen LogP contribution in [0.25, 0.3) is 0 Å². The quantitative estimate of drug-likeness (QED) is 0.670. The van der Waals surface area contributed by atoms with Gasteiger partial charge in [-0.15, -0.1) is 0 Å². The molecular formula is C14H25N3O2. The fourth-order valence-electron chi connectivity index (χ4n) is 2.36. The molecule has 1 unspecified atom stereocenters. The number of nitrogens with one attached hydrogen (secondary N) is 1. The molecule has 1 aliphatic rings. The van der Waals surface area contributed by atoms with Crippen molar-refractivity contribution < 1.29 is 9.53 Å². The highest BCUT2D eigenvalue weighted by Gasteiger charge is 2.24. The zero-order chi connectivity index (χ0) is 13.9. The third-order valence-electron chi connectivity index (χ3n) is 3.38. The van der Waals surface area contributed by atoms with Crippen LogP contribution in [0.1, 0.15) is 32.6 Å². The highest BCUT2D eigenvalue weighted by molar-refractivity contribution is 5.78. The summed E-state index contributed by atoms with van der Waals surface area (Å²) in [6.45, 7) is 6.67. The van der Waals surface area contributed by atoms with Crippen LogP contribution in [0, 0.1) is 17.2 Å². The molecule has 0 aromatic carbocycles. The van der Waals surface area contributed by atoms with Crippen LogP contribution < -0.4 is 5.32 Å². The number of piperidine rings is 1. The number of amides is 1. The molecule has 1 saturated heterocycles. The van der Waals surface area contributed by atoms with E-state index in [0.29, 0.717) is 19.6 Å². The summed E-state index contributed by atoms with van der Waals surface area (Å²) in [5.41, 5.74) is 0. The third-order valence-corrected chi connectivity index (χ3v) is 3.38. The summed E-state index contributed by atoms with van der Waals surface area (Å²) in [6, 6.07) is 2.16. The number of carbonyl (C=O) groups is 1. The van der Waals surface area contributed by atoms with Crippen LogP contribution in [-0.4, -0.2) is 50.2 Å². The van der Waals surface area contributed by atoms with Crippen molar-refractivity contribution in [3.8, 4) is 6.07 Å². The molecule has 5 heteroatoms. The van der Waals surface area contributed by atoms with Gasteiger partial charge in [0, 0.05) is 39.3 Å². The second kappa shape index (κ2) is 9.76. The van der Waals surface area contributed by atoms with Gasteiger partial charge in [-0.1, -0.05) is 0 Å². The van der Waals surface area contributed by atoms with E-state index in [1.165, 1.54) is 0 Å². The van der Waals surface area contributed by atoms with E-state index in [4.69, 9.17) is 10.00 Å². The highest BCUT2D eigenvalue weighted by Crippen LogP contribution is 2.16. The molecule has 19 heavy (non-hydrogen) atoms. The second-order valence-corrected chi connectivity index (χ2v) is 4.89. The van der Waals surface area contributed by atoms with Gasteiger partial charge in [0.15, 0.2) is 0 Å². The monoisotopic (exact) mass is 267 g/mol. The first-order valence-corrected chi connectivity index (χ1v) is 7.22. The third kappa shape index (κ3) is 6.55. The minimum Gasteiger partial charge on any atom is -0.382 e. The number of nitrogens with zero attached hydrogens (tertiary/aromatic N) is 2. The van der Waals surface area contributed by atoms with E-state index < -0.39 is 0 Å². The van der Waals surface area contributed by atoms with Gasteiger partial charge < -0.3 is 15.0 Å². The molecule has 1 N–H and O–H groups in total. The van der Waals surface area contributed by atoms with Crippen molar-refractivity contribution in [2.45, 2.75) is 32.6 Å². The summed E-state index contributed by atoms with van der Waals surface area (Å²) in [4.78, 5) is 14.2. The minimum atomic E-state index is 0.0829. The molecule has 1 aliphatic heterocycles. The number of nitriles is 1. The topological polar surface area (TPSA) is 65.4 Å². The first-order chi connectivity index (χ1) is 9.27. The molecule has 108 valence electrons. The predicted octanol–water partition coefficient (Wildman–Crippen LogP) is 1.15. The molecule has 0 aliphatic carbocycles. The SMILES string of the molecule is CCOCCCNC(=O)C1CCCN(CCC#N)C1. The molecule has 0 aromatic rings. The van der Waals surface area contributed by atoms with Gasteiger partial charge in [-0.2, -0.15) is 5.26 Å². The molecule has 1 rings (SSSR count). The lowest BCUT2D eigenvalue weighted by atomic mass is 9.97. The first kappa shape index (κ1) is 15.9. The maximum atomic E-state index is 12.0. The van der Waals surface area contributed by atoms with E-state index in [1.807, 2.05) is 6.92 Å². The number of ether oxygens (including phenoxy) is 1. The van der Waals surface area contributed by atoms with Crippen molar-refractivity contribution in [3.63, 3.8) is 0 Å². The summed E-state index contributed by atoms with van der Waals surface area (Å²) in [7, 11) is 0. The standard InChI is InChI=1S/C14H25N3O2/c1-2-19-11-5-8-16-14(18)13-6-3-9-17(12-13)10-4-7-15/h13H,2-6,8-12H2,1H3,(H,16,18). The van der Waals surface area contributed by atoms with Crippen LogP contribution in [-0.2, 0) is 9.53 Å². The Bertz CT molecular complexity index is 302. The molecule has 1 heterocycles. The van der Waals surface area contributed by atoms with Gasteiger partial charge in [0.1, 0.15) is 0 Å². The molecule has 0 aromatic heterocycles. The molecule has 1 fully saturated rings. The normalized spacial score (nSPS) is 19.9. The van der Waals surface area contributed by atoms with Crippen molar-refractivity contribution >= 4 is 5.91 Å². The molecule has 5 nitrogen and oxygen atoms in total. The molecule has 0 spiro atoms. The summed E-state index contributed by atoms with van der Waals surface area (Å²) in [6.07, 6.45) is 3.41. The van der Waals surface area contributed by atoms with Gasteiger partial charge in [0.05, 0.1) is 12.0 Å². The average molecular weight is 267 g/mol. The maximum Gasteiger partial charge on any atom is 0.224 e. The number of hydrogen-bond donors (Lipinski definition) is 1. The Morgan fingerprint density at radius 2 is 2.42 bits per heavy atom. The Balaban J connectivity index is 2.18. The zero-order valence-electron chi connectivity index (χ0n) is 11.9. The number of carbonyl (C=O) groups excluding carboxylic acids is 1. The van der Waals surface area contributed by atoms with Crippen molar-refractivity contribution in [2.24, 2.45) is 5.92 Å². The smallest absolute Gasteiger partial charge is 0.224 e. The predicted molar refractivity (Wildman–Crippen MR) is 73.5 cm³/mol. The van der Waals surface area contributed by atoms with Crippen LogP contribution >= 0.6 is 0 Å². The van der Waals surface area contributed by atoms with E-state index in [0.717, 1.165) is 45.5 Å². The summed E-state index contributed by atoms with van der Waals surface area (Å²) >= 11 is 0. The van der Waals surface area contributed by atoms with Crippen LogP contribution in [0.5, 0.6) is 0 Å². The number of likely N-dealkylation sites (tertiary alicyclic amines) is 1. The number of rotatable bonds is 8. The second-order valence-electron chi connectivity index (χ2n) is 4.89. The fraction of sp³-hybridized carbons (Fsp3) is 0.857. The average Bonchev–Trinajstić information content (AvgIpc) is 2.45. The van der Waals surface area contributed by atoms with E-state index in [2.05, 4.69) is 16.3 Å². The summed E-state index contributed by atoms with van der Waals surface area (Å²) in [5, 5.41) is 11.6. The van der Waals surface area contributed by atoms with Gasteiger partial charge in [0.25, 0.3) is 0 Å². The molecule has 0 saturated carbocycles. The van der Waals surface area contributed by atoms with Gasteiger partial charge in [-0.3, -0.25) is 4.79 Å². The lowest BCUT2D eigenvalue weighted by molar-refractivity contribution is -0.126. The lowest BCUT2D eigenvalue weighted by Gasteiger charge is -2.31. The minimum absolute atomic E-state index is 0.0829. The first-order valence-electron chi connectivity index (χ1n) is 7.22. The lowest BCUT2D eigenvalue weighted by Crippen LogP contribution is -2.43. The molecule has 1 atom stereocenters. The molecule has 0 bridgehead atoms. The summed E-state index contributed by atoms with van der Waals surface area (Å²) in [5.74, 6) is 0.234. The van der Waals surface area contributed by atoms with Gasteiger partial charge in [-0.25, -0.2) is 0 Å². The van der Waals surface area contributed by atoms with Crippen molar-refractivity contribution in [1.82, 2.24) is 10.2 Å². The van der Waals surface area contributed by atoms with Crippen molar-refractivity contribution in [3.05, 3.63) is 0 Å². The van der Waals surface area contributed by atoms with Crippen molar-refractivity contribution in [2.75, 3.05) is 39.4 Å². The van der Waals surface area contributed by atoms with Crippen LogP contribution in [0.15, 0.2) is 0 Å². The summed E-state index contributed by atoms with van der Waals surface area (Å²) < 4.78 is 5.23. The maximum absolute atomic E-state index is 12.0. The zero-order valence-corrected chi connectivity index (χ0v) is 11.9. The van der Waals surface area contributed by atoms with Crippen molar-refractivity contribution in [1.29, 1.82) is 5.26 Å².